The zero-order valence-electron chi connectivity index (χ0n) is 8.51. The molecule has 3 nitrogen and oxygen atoms in total. The average Bonchev–Trinajstić information content (AvgIpc) is 2.34. The summed E-state index contributed by atoms with van der Waals surface area (Å²) in [6, 6.07) is 1.75. The molecule has 0 unspecified atom stereocenters. The Morgan fingerprint density at radius 3 is 1.80 bits per heavy atom. The third-order valence-corrected chi connectivity index (χ3v) is 1.31. The van der Waals surface area contributed by atoms with Gasteiger partial charge in [0.2, 0.25) is 5.91 Å². The molecule has 0 spiro atoms. The number of halogens is 4. The molecule has 0 saturated carbocycles. The molecule has 0 aromatic rings. The Morgan fingerprint density at radius 1 is 1.40 bits per heavy atom. The lowest BCUT2D eigenvalue weighted by atomic mass is 10.3. The first-order valence-electron chi connectivity index (χ1n) is 4.14. The summed E-state index contributed by atoms with van der Waals surface area (Å²) in [5.41, 5.74) is 0. The van der Waals surface area contributed by atoms with Crippen LogP contribution in [-0.2, 0) is 4.79 Å². The van der Waals surface area contributed by atoms with Crippen molar-refractivity contribution in [2.75, 3.05) is 13.6 Å². The summed E-state index contributed by atoms with van der Waals surface area (Å²) < 4.78 is 39.0. The second-order valence-electron chi connectivity index (χ2n) is 2.64. The van der Waals surface area contributed by atoms with E-state index >= 15 is 0 Å². The number of nitrogens with zero attached hydrogens (tertiary/aromatic N) is 2. The molecule has 0 aromatic carbocycles. The Morgan fingerprint density at radius 2 is 1.73 bits per heavy atom. The average molecular weight is 227 g/mol. The SMILES string of the molecule is CC#N.CN1CCCC1=O.F[B-](F)(F)F. The van der Waals surface area contributed by atoms with Gasteiger partial charge < -0.3 is 22.2 Å². The summed E-state index contributed by atoms with van der Waals surface area (Å²) in [7, 11) is -4.16. The maximum absolute atomic E-state index is 10.5. The van der Waals surface area contributed by atoms with Gasteiger partial charge in [0.05, 0.1) is 6.07 Å². The van der Waals surface area contributed by atoms with E-state index in [2.05, 4.69) is 0 Å². The van der Waals surface area contributed by atoms with Gasteiger partial charge in [-0.05, 0) is 6.42 Å². The van der Waals surface area contributed by atoms with E-state index in [0.29, 0.717) is 5.91 Å². The molecule has 0 aromatic heterocycles. The predicted octanol–water partition coefficient (Wildman–Crippen LogP) is 2.07. The van der Waals surface area contributed by atoms with E-state index in [1.54, 1.807) is 11.0 Å². The van der Waals surface area contributed by atoms with Crippen LogP contribution in [0.15, 0.2) is 0 Å². The summed E-state index contributed by atoms with van der Waals surface area (Å²) in [6.07, 6.45) is 1.81. The summed E-state index contributed by atoms with van der Waals surface area (Å²) in [5, 5.41) is 7.32. The van der Waals surface area contributed by atoms with Crippen LogP contribution in [0.5, 0.6) is 0 Å². The fourth-order valence-electron chi connectivity index (χ4n) is 0.783. The smallest absolute Gasteiger partial charge is 0.418 e. The quantitative estimate of drug-likeness (QED) is 0.469. The van der Waals surface area contributed by atoms with Crippen LogP contribution in [0.3, 0.4) is 0 Å². The van der Waals surface area contributed by atoms with E-state index in [1.807, 2.05) is 7.05 Å². The molecule has 15 heavy (non-hydrogen) atoms. The van der Waals surface area contributed by atoms with Gasteiger partial charge in [0.15, 0.2) is 0 Å². The van der Waals surface area contributed by atoms with Gasteiger partial charge in [-0.25, -0.2) is 0 Å². The Balaban J connectivity index is 0. The van der Waals surface area contributed by atoms with Gasteiger partial charge in [0.25, 0.3) is 0 Å². The lowest BCUT2D eigenvalue weighted by molar-refractivity contribution is -0.126. The van der Waals surface area contributed by atoms with Gasteiger partial charge in [-0.3, -0.25) is 4.79 Å². The predicted molar refractivity (Wildman–Crippen MR) is 48.3 cm³/mol. The largest absolute Gasteiger partial charge is 0.673 e. The highest BCUT2D eigenvalue weighted by Crippen LogP contribution is 2.06. The molecule has 0 bridgehead atoms. The molecule has 1 heterocycles. The topological polar surface area (TPSA) is 44.1 Å². The molecule has 1 aliphatic heterocycles. The number of likely N-dealkylation sites (tertiary alicyclic amines) is 1. The van der Waals surface area contributed by atoms with Gasteiger partial charge >= 0.3 is 7.25 Å². The van der Waals surface area contributed by atoms with Crippen molar-refractivity contribution >= 4 is 13.2 Å². The standard InChI is InChI=1S/C5H9NO.C2H3N.BF4/c1-6-4-2-3-5(6)7;1-2-3;2-1(3,4)5/h2-4H2,1H3;1H3;/q;;-1. The third kappa shape index (κ3) is 19.2. The van der Waals surface area contributed by atoms with Crippen LogP contribution in [0.1, 0.15) is 19.8 Å². The summed E-state index contributed by atoms with van der Waals surface area (Å²) in [4.78, 5) is 12.3. The van der Waals surface area contributed by atoms with E-state index in [1.165, 1.54) is 6.92 Å². The van der Waals surface area contributed by atoms with Crippen LogP contribution in [0.2, 0.25) is 0 Å². The monoisotopic (exact) mass is 227 g/mol. The van der Waals surface area contributed by atoms with Gasteiger partial charge in [-0.15, -0.1) is 0 Å². The Bertz CT molecular complexity index is 220. The number of carbonyl (C=O) groups excluding carboxylic acids is 1. The van der Waals surface area contributed by atoms with Gasteiger partial charge in [-0.2, -0.15) is 5.26 Å². The number of hydrogen-bond acceptors (Lipinski definition) is 2. The van der Waals surface area contributed by atoms with Crippen molar-refractivity contribution in [1.82, 2.24) is 4.90 Å². The normalized spacial score (nSPS) is 14.5. The zero-order chi connectivity index (χ0) is 12.5. The van der Waals surface area contributed by atoms with Crippen LogP contribution in [0.25, 0.3) is 0 Å². The highest BCUT2D eigenvalue weighted by molar-refractivity contribution is 6.50. The van der Waals surface area contributed by atoms with Crippen LogP contribution >= 0.6 is 0 Å². The number of carbonyl (C=O) groups is 1. The lowest BCUT2D eigenvalue weighted by Crippen LogP contribution is -2.17. The van der Waals surface area contributed by atoms with Crippen molar-refractivity contribution in [2.45, 2.75) is 19.8 Å². The minimum absolute atomic E-state index is 0.292. The molecule has 8 heteroatoms. The van der Waals surface area contributed by atoms with Crippen LogP contribution in [0, 0.1) is 11.3 Å². The Kier molecular flexibility index (Phi) is 8.73. The molecular weight excluding hydrogens is 215 g/mol. The molecule has 1 saturated heterocycles. The molecule has 1 aliphatic rings. The number of amides is 1. The maximum atomic E-state index is 10.5. The summed E-state index contributed by atoms with van der Waals surface area (Å²) in [6.45, 7) is 2.39. The second kappa shape index (κ2) is 8.09. The van der Waals surface area contributed by atoms with Crippen LogP contribution < -0.4 is 0 Å². The molecule has 1 amide bonds. The van der Waals surface area contributed by atoms with Gasteiger partial charge in [0.1, 0.15) is 0 Å². The third-order valence-electron chi connectivity index (χ3n) is 1.31. The summed E-state index contributed by atoms with van der Waals surface area (Å²) >= 11 is 0. The second-order valence-corrected chi connectivity index (χ2v) is 2.64. The molecule has 0 atom stereocenters. The minimum atomic E-state index is -6.00. The van der Waals surface area contributed by atoms with Crippen molar-refractivity contribution < 1.29 is 22.1 Å². The fraction of sp³-hybridized carbons (Fsp3) is 0.714. The first-order valence-corrected chi connectivity index (χ1v) is 4.14. The Hall–Kier alpha value is -1.26. The van der Waals surface area contributed by atoms with Crippen LogP contribution in [0.4, 0.5) is 17.3 Å². The molecule has 1 fully saturated rings. The highest BCUT2D eigenvalue weighted by Gasteiger charge is 2.20. The van der Waals surface area contributed by atoms with Crippen molar-refractivity contribution in [2.24, 2.45) is 0 Å². The molecule has 0 radical (unpaired) electrons. The van der Waals surface area contributed by atoms with Crippen molar-refractivity contribution in [3.05, 3.63) is 0 Å². The van der Waals surface area contributed by atoms with Gasteiger partial charge in [0, 0.05) is 26.9 Å². The lowest BCUT2D eigenvalue weighted by Gasteiger charge is -2.03. The molecule has 0 N–H and O–H groups in total. The number of nitriles is 1. The van der Waals surface area contributed by atoms with Crippen molar-refractivity contribution in [1.29, 1.82) is 5.26 Å². The van der Waals surface area contributed by atoms with E-state index in [-0.39, 0.29) is 0 Å². The molecule has 88 valence electrons. The van der Waals surface area contributed by atoms with Crippen molar-refractivity contribution in [3.63, 3.8) is 0 Å². The number of rotatable bonds is 0. The van der Waals surface area contributed by atoms with E-state index in [4.69, 9.17) is 5.26 Å². The highest BCUT2D eigenvalue weighted by atomic mass is 19.5. The van der Waals surface area contributed by atoms with E-state index in [9.17, 15) is 22.1 Å². The van der Waals surface area contributed by atoms with Crippen LogP contribution in [-0.4, -0.2) is 31.7 Å². The van der Waals surface area contributed by atoms with Gasteiger partial charge in [-0.1, -0.05) is 0 Å². The maximum Gasteiger partial charge on any atom is 0.673 e. The minimum Gasteiger partial charge on any atom is -0.418 e. The fourth-order valence-corrected chi connectivity index (χ4v) is 0.783. The molecule has 0 aliphatic carbocycles. The summed E-state index contributed by atoms with van der Waals surface area (Å²) in [5.74, 6) is 0.292. The van der Waals surface area contributed by atoms with Crippen molar-refractivity contribution in [3.8, 4) is 6.07 Å². The van der Waals surface area contributed by atoms with E-state index < -0.39 is 7.25 Å². The molecule has 1 rings (SSSR count). The molecular formula is C7H12BF4N2O-. The first-order chi connectivity index (χ1) is 6.72. The van der Waals surface area contributed by atoms with E-state index in [0.717, 1.165) is 19.4 Å². The zero-order valence-corrected chi connectivity index (χ0v) is 8.51. The first kappa shape index (κ1) is 16.2. The number of hydrogen-bond donors (Lipinski definition) is 0. The Labute approximate surface area is 85.8 Å².